The molecule has 8 heteroatoms. The number of carbonyl (C=O) groups is 1. The number of amides is 1. The molecule has 7 nitrogen and oxygen atoms in total. The molecule has 1 saturated carbocycles. The highest BCUT2D eigenvalue weighted by Crippen LogP contribution is 2.35. The van der Waals surface area contributed by atoms with Gasteiger partial charge >= 0.3 is 0 Å². The van der Waals surface area contributed by atoms with E-state index in [1.165, 1.54) is 11.8 Å². The zero-order valence-corrected chi connectivity index (χ0v) is 19.6. The molecule has 3 heterocycles. The van der Waals surface area contributed by atoms with Crippen LogP contribution in [-0.4, -0.2) is 63.4 Å². The van der Waals surface area contributed by atoms with Crippen LogP contribution in [0, 0.1) is 0 Å². The summed E-state index contributed by atoms with van der Waals surface area (Å²) in [6.07, 6.45) is 10.8. The molecule has 2 atom stereocenters. The molecule has 2 fully saturated rings. The first-order valence-electron chi connectivity index (χ1n) is 11.7. The van der Waals surface area contributed by atoms with Gasteiger partial charge in [-0.25, -0.2) is 13.1 Å². The van der Waals surface area contributed by atoms with Gasteiger partial charge in [-0.15, -0.1) is 0 Å². The Labute approximate surface area is 191 Å². The summed E-state index contributed by atoms with van der Waals surface area (Å²) in [5, 5.41) is 0. The van der Waals surface area contributed by atoms with E-state index in [0.29, 0.717) is 38.5 Å². The molecule has 1 N–H and O–H groups in total. The predicted molar refractivity (Wildman–Crippen MR) is 123 cm³/mol. The quantitative estimate of drug-likeness (QED) is 0.730. The van der Waals surface area contributed by atoms with E-state index in [1.54, 1.807) is 11.0 Å². The largest absolute Gasteiger partial charge is 0.493 e. The monoisotopic (exact) mass is 462 g/mol. The Bertz CT molecular complexity index is 924. The van der Waals surface area contributed by atoms with Gasteiger partial charge in [-0.1, -0.05) is 18.2 Å². The second-order valence-electron chi connectivity index (χ2n) is 9.16. The number of hydrogen-bond acceptors (Lipinski definition) is 5. The number of sulfonamides is 1. The standard InChI is InChI=1S/C24H34N2O5S/c1-32(28,29)25-22-8-5-14-26-23(22)17-31-20-12-10-18(11-13-20)19-6-4-7-21(16-19)30-15-3-2-9-24(26)27/h2,4,6-7,9,16,18,20,22-23,25H,3,5,8,10-15,17H2,1H3/b9-2+/t18?,20?,22-,23-/m0/s1. The molecule has 4 bridgehead atoms. The summed E-state index contributed by atoms with van der Waals surface area (Å²) in [6, 6.07) is 7.70. The van der Waals surface area contributed by atoms with Crippen LogP contribution in [-0.2, 0) is 19.6 Å². The fourth-order valence-corrected chi connectivity index (χ4v) is 5.95. The molecule has 1 aromatic rings. The average molecular weight is 463 g/mol. The Morgan fingerprint density at radius 3 is 2.72 bits per heavy atom. The fourth-order valence-electron chi connectivity index (χ4n) is 5.13. The summed E-state index contributed by atoms with van der Waals surface area (Å²) in [6.45, 7) is 1.46. The van der Waals surface area contributed by atoms with Crippen molar-refractivity contribution < 1.29 is 22.7 Å². The maximum Gasteiger partial charge on any atom is 0.246 e. The molecule has 0 spiro atoms. The SMILES string of the molecule is CS(=O)(=O)N[C@H]1CCCN2C(=O)/C=C/CCOc3cccc(c3)C3CCC(CC3)OC[C@@H]12. The summed E-state index contributed by atoms with van der Waals surface area (Å²) >= 11 is 0. The fraction of sp³-hybridized carbons (Fsp3) is 0.625. The van der Waals surface area contributed by atoms with Crippen molar-refractivity contribution in [3.63, 3.8) is 0 Å². The lowest BCUT2D eigenvalue weighted by Crippen LogP contribution is -2.58. The van der Waals surface area contributed by atoms with Crippen molar-refractivity contribution in [2.75, 3.05) is 26.0 Å². The molecular formula is C24H34N2O5S. The first kappa shape index (κ1) is 23.3. The number of ether oxygens (including phenoxy) is 2. The summed E-state index contributed by atoms with van der Waals surface area (Å²) in [7, 11) is -3.38. The van der Waals surface area contributed by atoms with Gasteiger partial charge in [-0.05, 0) is 74.6 Å². The summed E-state index contributed by atoms with van der Waals surface area (Å²) < 4.78 is 38.8. The zero-order chi connectivity index (χ0) is 22.6. The van der Waals surface area contributed by atoms with Crippen LogP contribution in [0.5, 0.6) is 5.75 Å². The van der Waals surface area contributed by atoms with Crippen LogP contribution in [0.2, 0.25) is 0 Å². The number of nitrogens with one attached hydrogen (secondary N) is 1. The Morgan fingerprint density at radius 2 is 1.94 bits per heavy atom. The van der Waals surface area contributed by atoms with Crippen LogP contribution in [0.15, 0.2) is 36.4 Å². The van der Waals surface area contributed by atoms with Crippen LogP contribution < -0.4 is 9.46 Å². The highest BCUT2D eigenvalue weighted by molar-refractivity contribution is 7.88. The molecule has 1 aliphatic carbocycles. The smallest absolute Gasteiger partial charge is 0.246 e. The van der Waals surface area contributed by atoms with Crippen molar-refractivity contribution in [2.24, 2.45) is 0 Å². The van der Waals surface area contributed by atoms with Gasteiger partial charge in [0.2, 0.25) is 15.9 Å². The number of carbonyl (C=O) groups excluding carboxylic acids is 1. The average Bonchev–Trinajstić information content (AvgIpc) is 2.77. The van der Waals surface area contributed by atoms with E-state index in [4.69, 9.17) is 9.47 Å². The Kier molecular flexibility index (Phi) is 7.53. The summed E-state index contributed by atoms with van der Waals surface area (Å²) in [5.74, 6) is 1.27. The second kappa shape index (κ2) is 10.4. The van der Waals surface area contributed by atoms with Crippen LogP contribution in [0.4, 0.5) is 0 Å². The van der Waals surface area contributed by atoms with E-state index in [1.807, 2.05) is 18.2 Å². The van der Waals surface area contributed by atoms with Gasteiger partial charge in [0.15, 0.2) is 0 Å². The second-order valence-corrected chi connectivity index (χ2v) is 10.9. The van der Waals surface area contributed by atoms with Crippen LogP contribution in [0.3, 0.4) is 0 Å². The highest BCUT2D eigenvalue weighted by atomic mass is 32.2. The van der Waals surface area contributed by atoms with Crippen molar-refractivity contribution in [2.45, 2.75) is 69.1 Å². The van der Waals surface area contributed by atoms with Crippen molar-refractivity contribution in [1.82, 2.24) is 9.62 Å². The maximum absolute atomic E-state index is 13.0. The lowest BCUT2D eigenvalue weighted by Gasteiger charge is -2.41. The lowest BCUT2D eigenvalue weighted by molar-refractivity contribution is -0.133. The van der Waals surface area contributed by atoms with Gasteiger partial charge in [-0.3, -0.25) is 4.79 Å². The Hall–Kier alpha value is -1.90. The number of benzene rings is 1. The molecule has 3 aliphatic heterocycles. The maximum atomic E-state index is 13.0. The number of fused-ring (bicyclic) bond motifs is 7. The van der Waals surface area contributed by atoms with Crippen molar-refractivity contribution in [1.29, 1.82) is 0 Å². The van der Waals surface area contributed by atoms with E-state index in [9.17, 15) is 13.2 Å². The first-order chi connectivity index (χ1) is 15.4. The van der Waals surface area contributed by atoms with E-state index in [0.717, 1.165) is 37.9 Å². The van der Waals surface area contributed by atoms with Gasteiger partial charge in [0.25, 0.3) is 0 Å². The minimum atomic E-state index is -3.38. The lowest BCUT2D eigenvalue weighted by atomic mass is 9.82. The van der Waals surface area contributed by atoms with Gasteiger partial charge in [0, 0.05) is 12.6 Å². The van der Waals surface area contributed by atoms with Gasteiger partial charge in [-0.2, -0.15) is 0 Å². The molecule has 32 heavy (non-hydrogen) atoms. The topological polar surface area (TPSA) is 84.9 Å². The molecule has 1 amide bonds. The van der Waals surface area contributed by atoms with Crippen LogP contribution in [0.25, 0.3) is 0 Å². The van der Waals surface area contributed by atoms with Crippen LogP contribution >= 0.6 is 0 Å². The van der Waals surface area contributed by atoms with Crippen molar-refractivity contribution >= 4 is 15.9 Å². The van der Waals surface area contributed by atoms with Crippen LogP contribution in [0.1, 0.15) is 56.4 Å². The van der Waals surface area contributed by atoms with E-state index >= 15 is 0 Å². The zero-order valence-electron chi connectivity index (χ0n) is 18.7. The first-order valence-corrected chi connectivity index (χ1v) is 13.6. The third kappa shape index (κ3) is 6.11. The Balaban J connectivity index is 1.54. The molecule has 1 aromatic carbocycles. The van der Waals surface area contributed by atoms with E-state index in [-0.39, 0.29) is 24.1 Å². The predicted octanol–water partition coefficient (Wildman–Crippen LogP) is 2.98. The molecule has 0 radical (unpaired) electrons. The molecule has 4 aliphatic rings. The van der Waals surface area contributed by atoms with Crippen molar-refractivity contribution in [3.05, 3.63) is 42.0 Å². The van der Waals surface area contributed by atoms with E-state index < -0.39 is 10.0 Å². The van der Waals surface area contributed by atoms with E-state index in [2.05, 4.69) is 16.9 Å². The normalized spacial score (nSPS) is 30.8. The Morgan fingerprint density at radius 1 is 1.12 bits per heavy atom. The van der Waals surface area contributed by atoms with Gasteiger partial charge < -0.3 is 14.4 Å². The summed E-state index contributed by atoms with van der Waals surface area (Å²) in [5.41, 5.74) is 1.31. The molecule has 176 valence electrons. The van der Waals surface area contributed by atoms with Crippen molar-refractivity contribution in [3.8, 4) is 5.75 Å². The number of rotatable bonds is 2. The molecule has 1 saturated heterocycles. The third-order valence-electron chi connectivity index (χ3n) is 6.75. The minimum Gasteiger partial charge on any atom is -0.493 e. The highest BCUT2D eigenvalue weighted by Gasteiger charge is 2.36. The number of piperidine rings is 1. The van der Waals surface area contributed by atoms with Gasteiger partial charge in [0.05, 0.1) is 31.6 Å². The molecule has 0 unspecified atom stereocenters. The third-order valence-corrected chi connectivity index (χ3v) is 7.48. The minimum absolute atomic E-state index is 0.103. The number of nitrogens with zero attached hydrogens (tertiary/aromatic N) is 1. The molecule has 5 rings (SSSR count). The molecule has 0 aromatic heterocycles. The molecular weight excluding hydrogens is 428 g/mol. The van der Waals surface area contributed by atoms with Gasteiger partial charge in [0.1, 0.15) is 5.75 Å². The summed E-state index contributed by atoms with van der Waals surface area (Å²) in [4.78, 5) is 14.7. The number of hydrogen-bond donors (Lipinski definition) is 1.